The Morgan fingerprint density at radius 3 is 2.62 bits per heavy atom. The first-order valence-corrected chi connectivity index (χ1v) is 11.2. The van der Waals surface area contributed by atoms with Crippen molar-refractivity contribution < 1.29 is 22.3 Å². The van der Waals surface area contributed by atoms with Crippen LogP contribution in [0.4, 0.5) is 9.18 Å². The van der Waals surface area contributed by atoms with Crippen molar-refractivity contribution in [3.05, 3.63) is 29.8 Å². The van der Waals surface area contributed by atoms with Gasteiger partial charge in [-0.15, -0.1) is 0 Å². The number of amides is 1. The Labute approximate surface area is 162 Å². The number of benzene rings is 1. The van der Waals surface area contributed by atoms with E-state index in [4.69, 9.17) is 4.74 Å². The minimum absolute atomic E-state index is 0.138. The van der Waals surface area contributed by atoms with Crippen LogP contribution in [0.15, 0.2) is 29.2 Å². The first-order valence-electron chi connectivity index (χ1n) is 8.55. The number of sulfone groups is 1. The summed E-state index contributed by atoms with van der Waals surface area (Å²) in [6, 6.07) is 5.94. The zero-order valence-electron chi connectivity index (χ0n) is 15.2. The highest BCUT2D eigenvalue weighted by Gasteiger charge is 2.39. The predicted octanol–water partition coefficient (Wildman–Crippen LogP) is 4.14. The van der Waals surface area contributed by atoms with Crippen LogP contribution in [0, 0.1) is 0 Å². The largest absolute Gasteiger partial charge is 0.444 e. The summed E-state index contributed by atoms with van der Waals surface area (Å²) >= 11 is 3.31. The van der Waals surface area contributed by atoms with Crippen LogP contribution in [-0.4, -0.2) is 37.6 Å². The van der Waals surface area contributed by atoms with Gasteiger partial charge in [0.25, 0.3) is 0 Å². The summed E-state index contributed by atoms with van der Waals surface area (Å²) in [6.07, 6.45) is -1.71. The van der Waals surface area contributed by atoms with Gasteiger partial charge in [0.2, 0.25) is 0 Å². The molecule has 1 amide bonds. The van der Waals surface area contributed by atoms with Gasteiger partial charge >= 0.3 is 6.09 Å². The summed E-state index contributed by atoms with van der Waals surface area (Å²) in [5.41, 5.74) is 0.180. The van der Waals surface area contributed by atoms with Crippen LogP contribution < -0.4 is 5.32 Å². The number of alkyl carbamates (subject to hydrolysis) is 1. The third-order valence-electron chi connectivity index (χ3n) is 4.25. The molecule has 8 heteroatoms. The Kier molecular flexibility index (Phi) is 6.71. The predicted molar refractivity (Wildman–Crippen MR) is 102 cm³/mol. The molecule has 1 fully saturated rings. The van der Waals surface area contributed by atoms with Gasteiger partial charge in [0.1, 0.15) is 11.8 Å². The lowest BCUT2D eigenvalue weighted by Crippen LogP contribution is -2.48. The lowest BCUT2D eigenvalue weighted by molar-refractivity contribution is 0.0452. The molecule has 146 valence electrons. The van der Waals surface area contributed by atoms with Crippen LogP contribution in [0.5, 0.6) is 0 Å². The van der Waals surface area contributed by atoms with Crippen molar-refractivity contribution in [1.29, 1.82) is 0 Å². The number of carbonyl (C=O) groups excluding carboxylic acids is 1. The molecule has 1 aliphatic rings. The zero-order valence-corrected chi connectivity index (χ0v) is 17.6. The molecule has 1 aliphatic carbocycles. The van der Waals surface area contributed by atoms with Crippen molar-refractivity contribution in [3.63, 3.8) is 0 Å². The molecule has 2 rings (SSSR count). The molecule has 5 nitrogen and oxygen atoms in total. The average Bonchev–Trinajstić information content (AvgIpc) is 2.55. The number of carbonyl (C=O) groups is 1. The van der Waals surface area contributed by atoms with Crippen molar-refractivity contribution in [2.24, 2.45) is 0 Å². The monoisotopic (exact) mass is 449 g/mol. The highest BCUT2D eigenvalue weighted by Crippen LogP contribution is 2.31. The second kappa shape index (κ2) is 8.25. The van der Waals surface area contributed by atoms with E-state index in [-0.39, 0.29) is 17.7 Å². The molecule has 26 heavy (non-hydrogen) atoms. The lowest BCUT2D eigenvalue weighted by atomic mass is 9.93. The van der Waals surface area contributed by atoms with Crippen molar-refractivity contribution in [2.45, 2.75) is 73.3 Å². The molecule has 1 aromatic carbocycles. The smallest absolute Gasteiger partial charge is 0.407 e. The molecule has 0 aromatic heterocycles. The molecule has 0 radical (unpaired) electrons. The maximum atomic E-state index is 14.5. The summed E-state index contributed by atoms with van der Waals surface area (Å²) < 4.78 is 45.3. The third-order valence-corrected chi connectivity index (χ3v) is 7.11. The zero-order chi connectivity index (χ0) is 19.5. The number of nitrogens with one attached hydrogen (secondary N) is 1. The van der Waals surface area contributed by atoms with E-state index < -0.39 is 39.0 Å². The van der Waals surface area contributed by atoms with Gasteiger partial charge in [0.15, 0.2) is 9.84 Å². The Morgan fingerprint density at radius 2 is 2.04 bits per heavy atom. The Hall–Kier alpha value is -1.15. The highest BCUT2D eigenvalue weighted by molar-refractivity contribution is 9.08. The summed E-state index contributed by atoms with van der Waals surface area (Å²) in [4.78, 5) is 12.0. The maximum absolute atomic E-state index is 14.5. The SMILES string of the molecule is CC(C)(C)OC(=O)N[C@H]1CCC(S(=O)(=O)c2cccc(CBr)c2)C[C@H]1F. The molecule has 1 N–H and O–H groups in total. The van der Waals surface area contributed by atoms with E-state index in [2.05, 4.69) is 21.2 Å². The van der Waals surface area contributed by atoms with Crippen LogP contribution in [0.25, 0.3) is 0 Å². The first kappa shape index (κ1) is 21.2. The van der Waals surface area contributed by atoms with Gasteiger partial charge in [0, 0.05) is 5.33 Å². The van der Waals surface area contributed by atoms with Gasteiger partial charge in [-0.05, 0) is 57.7 Å². The molecular formula is C18H25BrFNO4S. The molecule has 3 atom stereocenters. The molecule has 0 saturated heterocycles. The summed E-state index contributed by atoms with van der Waals surface area (Å²) in [6.45, 7) is 5.18. The van der Waals surface area contributed by atoms with Crippen LogP contribution in [0.2, 0.25) is 0 Å². The van der Waals surface area contributed by atoms with Gasteiger partial charge in [-0.1, -0.05) is 28.1 Å². The summed E-state index contributed by atoms with van der Waals surface area (Å²) in [5, 5.41) is 2.28. The topological polar surface area (TPSA) is 72.5 Å². The molecule has 0 heterocycles. The molecule has 1 aromatic rings. The minimum Gasteiger partial charge on any atom is -0.444 e. The standard InChI is InChI=1S/C18H25BrFNO4S/c1-18(2,3)25-17(22)21-16-8-7-14(10-15(16)20)26(23,24)13-6-4-5-12(9-13)11-19/h4-6,9,14-16H,7-8,10-11H2,1-3H3,(H,21,22)/t14?,15-,16+/m1/s1. The van der Waals surface area contributed by atoms with Gasteiger partial charge < -0.3 is 10.1 Å². The summed E-state index contributed by atoms with van der Waals surface area (Å²) in [7, 11) is -3.61. The number of hydrogen-bond donors (Lipinski definition) is 1. The molecule has 1 unspecified atom stereocenters. The van der Waals surface area contributed by atoms with Crippen molar-refractivity contribution in [1.82, 2.24) is 5.32 Å². The summed E-state index contributed by atoms with van der Waals surface area (Å²) in [5.74, 6) is 0. The Morgan fingerprint density at radius 1 is 1.35 bits per heavy atom. The normalized spacial score (nSPS) is 24.1. The van der Waals surface area contributed by atoms with E-state index in [9.17, 15) is 17.6 Å². The van der Waals surface area contributed by atoms with Crippen LogP contribution in [-0.2, 0) is 19.9 Å². The van der Waals surface area contributed by atoms with Crippen LogP contribution in [0.3, 0.4) is 0 Å². The minimum atomic E-state index is -3.61. The van der Waals surface area contributed by atoms with E-state index in [0.29, 0.717) is 11.8 Å². The molecule has 0 aliphatic heterocycles. The number of alkyl halides is 2. The van der Waals surface area contributed by atoms with E-state index in [1.807, 2.05) is 6.07 Å². The van der Waals surface area contributed by atoms with Crippen molar-refractivity contribution >= 4 is 31.9 Å². The van der Waals surface area contributed by atoms with E-state index in [1.165, 1.54) is 0 Å². The fraction of sp³-hybridized carbons (Fsp3) is 0.611. The van der Waals surface area contributed by atoms with Crippen molar-refractivity contribution in [3.8, 4) is 0 Å². The van der Waals surface area contributed by atoms with Crippen LogP contribution in [0.1, 0.15) is 45.6 Å². The number of hydrogen-bond acceptors (Lipinski definition) is 4. The Balaban J connectivity index is 2.04. The Bertz CT molecular complexity index is 748. The quantitative estimate of drug-likeness (QED) is 0.700. The second-order valence-electron chi connectivity index (χ2n) is 7.53. The van der Waals surface area contributed by atoms with Crippen molar-refractivity contribution in [2.75, 3.05) is 0 Å². The number of rotatable bonds is 4. The van der Waals surface area contributed by atoms with Gasteiger partial charge in [-0.2, -0.15) is 0 Å². The van der Waals surface area contributed by atoms with Gasteiger partial charge in [-0.3, -0.25) is 0 Å². The lowest BCUT2D eigenvalue weighted by Gasteiger charge is -2.32. The average molecular weight is 450 g/mol. The van der Waals surface area contributed by atoms with Gasteiger partial charge in [0.05, 0.1) is 16.2 Å². The molecular weight excluding hydrogens is 425 g/mol. The van der Waals surface area contributed by atoms with Gasteiger partial charge in [-0.25, -0.2) is 17.6 Å². The third kappa shape index (κ3) is 5.42. The first-order chi connectivity index (χ1) is 12.0. The number of halogens is 2. The molecule has 0 bridgehead atoms. The molecule has 1 saturated carbocycles. The maximum Gasteiger partial charge on any atom is 0.407 e. The second-order valence-corrected chi connectivity index (χ2v) is 10.3. The van der Waals surface area contributed by atoms with E-state index in [1.54, 1.807) is 39.0 Å². The van der Waals surface area contributed by atoms with E-state index in [0.717, 1.165) is 5.56 Å². The molecule has 0 spiro atoms. The fourth-order valence-electron chi connectivity index (χ4n) is 2.98. The fourth-order valence-corrected chi connectivity index (χ4v) is 5.18. The highest BCUT2D eigenvalue weighted by atomic mass is 79.9. The van der Waals surface area contributed by atoms with E-state index >= 15 is 0 Å². The number of ether oxygens (including phenoxy) is 1. The van der Waals surface area contributed by atoms with Crippen LogP contribution >= 0.6 is 15.9 Å².